The largest absolute Gasteiger partial charge is 0.493 e. The normalized spacial score (nSPS) is 17.6. The minimum absolute atomic E-state index is 0.0540. The van der Waals surface area contributed by atoms with Gasteiger partial charge in [-0.1, -0.05) is 6.92 Å². The first-order valence-corrected chi connectivity index (χ1v) is 6.85. The molecule has 2 unspecified atom stereocenters. The molecule has 2 atom stereocenters. The second kappa shape index (κ2) is 6.06. The van der Waals surface area contributed by atoms with E-state index in [0.717, 1.165) is 24.0 Å². The van der Waals surface area contributed by atoms with Gasteiger partial charge in [-0.25, -0.2) is 0 Å². The quantitative estimate of drug-likeness (QED) is 0.827. The first kappa shape index (κ1) is 13.9. The molecule has 0 bridgehead atoms. The second-order valence-electron chi connectivity index (χ2n) is 5.42. The molecule has 4 heteroatoms. The highest BCUT2D eigenvalue weighted by atomic mass is 16.5. The van der Waals surface area contributed by atoms with Crippen LogP contribution in [0.5, 0.6) is 5.75 Å². The predicted molar refractivity (Wildman–Crippen MR) is 76.1 cm³/mol. The molecule has 0 aliphatic heterocycles. The van der Waals surface area contributed by atoms with Gasteiger partial charge in [0.25, 0.3) is 0 Å². The highest BCUT2D eigenvalue weighted by molar-refractivity contribution is 5.92. The van der Waals surface area contributed by atoms with Crippen molar-refractivity contribution < 1.29 is 9.53 Å². The van der Waals surface area contributed by atoms with Crippen molar-refractivity contribution in [2.75, 3.05) is 11.9 Å². The SMILES string of the molecule is CC(N)C(C)C(=O)Nc1ccc(OCC2CC2)cc1. The van der Waals surface area contributed by atoms with Gasteiger partial charge in [0.05, 0.1) is 12.5 Å². The summed E-state index contributed by atoms with van der Waals surface area (Å²) in [5, 5.41) is 2.85. The summed E-state index contributed by atoms with van der Waals surface area (Å²) in [6.45, 7) is 4.46. The van der Waals surface area contributed by atoms with Crippen molar-refractivity contribution in [3.63, 3.8) is 0 Å². The number of nitrogens with one attached hydrogen (secondary N) is 1. The highest BCUT2D eigenvalue weighted by Gasteiger charge is 2.21. The molecule has 1 aromatic carbocycles. The lowest BCUT2D eigenvalue weighted by atomic mass is 10.0. The minimum atomic E-state index is -0.203. The molecule has 0 saturated heterocycles. The molecule has 1 aliphatic carbocycles. The van der Waals surface area contributed by atoms with Crippen LogP contribution in [0.25, 0.3) is 0 Å². The van der Waals surface area contributed by atoms with Gasteiger partial charge in [0.15, 0.2) is 0 Å². The monoisotopic (exact) mass is 262 g/mol. The van der Waals surface area contributed by atoms with Crippen LogP contribution in [0.4, 0.5) is 5.69 Å². The van der Waals surface area contributed by atoms with Crippen molar-refractivity contribution in [1.29, 1.82) is 0 Å². The van der Waals surface area contributed by atoms with Crippen molar-refractivity contribution in [3.05, 3.63) is 24.3 Å². The molecule has 104 valence electrons. The molecule has 0 spiro atoms. The summed E-state index contributed by atoms with van der Waals surface area (Å²) in [5.41, 5.74) is 6.48. The lowest BCUT2D eigenvalue weighted by Crippen LogP contribution is -2.34. The Labute approximate surface area is 114 Å². The number of ether oxygens (including phenoxy) is 1. The third-order valence-electron chi connectivity index (χ3n) is 3.51. The van der Waals surface area contributed by atoms with Crippen LogP contribution in [0, 0.1) is 11.8 Å². The Hall–Kier alpha value is -1.55. The molecule has 0 heterocycles. The Morgan fingerprint density at radius 2 is 2.00 bits per heavy atom. The fourth-order valence-corrected chi connectivity index (χ4v) is 1.63. The Bertz CT molecular complexity index is 424. The van der Waals surface area contributed by atoms with Crippen molar-refractivity contribution in [3.8, 4) is 5.75 Å². The molecule has 4 nitrogen and oxygen atoms in total. The molecular weight excluding hydrogens is 240 g/mol. The van der Waals surface area contributed by atoms with Gasteiger partial charge < -0.3 is 15.8 Å². The lowest BCUT2D eigenvalue weighted by molar-refractivity contribution is -0.119. The maximum Gasteiger partial charge on any atom is 0.228 e. The number of carbonyl (C=O) groups is 1. The van der Waals surface area contributed by atoms with Gasteiger partial charge in [-0.15, -0.1) is 0 Å². The Morgan fingerprint density at radius 1 is 1.37 bits per heavy atom. The van der Waals surface area contributed by atoms with Gasteiger partial charge in [-0.05, 0) is 49.9 Å². The van der Waals surface area contributed by atoms with E-state index < -0.39 is 0 Å². The zero-order chi connectivity index (χ0) is 13.8. The van der Waals surface area contributed by atoms with Gasteiger partial charge in [0, 0.05) is 11.7 Å². The van der Waals surface area contributed by atoms with Crippen LogP contribution in [0.1, 0.15) is 26.7 Å². The molecule has 0 radical (unpaired) electrons. The Kier molecular flexibility index (Phi) is 4.43. The maximum atomic E-state index is 11.8. The number of amides is 1. The molecule has 1 saturated carbocycles. The summed E-state index contributed by atoms with van der Waals surface area (Å²) in [4.78, 5) is 11.8. The van der Waals surface area contributed by atoms with E-state index in [1.54, 1.807) is 0 Å². The number of nitrogens with two attached hydrogens (primary N) is 1. The molecule has 1 aliphatic rings. The van der Waals surface area contributed by atoms with E-state index in [2.05, 4.69) is 5.32 Å². The average Bonchev–Trinajstić information content (AvgIpc) is 3.21. The van der Waals surface area contributed by atoms with E-state index in [-0.39, 0.29) is 17.9 Å². The summed E-state index contributed by atoms with van der Waals surface area (Å²) >= 11 is 0. The molecule has 3 N–H and O–H groups in total. The van der Waals surface area contributed by atoms with Crippen molar-refractivity contribution in [2.45, 2.75) is 32.7 Å². The van der Waals surface area contributed by atoms with E-state index in [0.29, 0.717) is 0 Å². The van der Waals surface area contributed by atoms with Gasteiger partial charge >= 0.3 is 0 Å². The summed E-state index contributed by atoms with van der Waals surface area (Å²) in [6.07, 6.45) is 2.56. The van der Waals surface area contributed by atoms with E-state index in [1.165, 1.54) is 12.8 Å². The van der Waals surface area contributed by atoms with Gasteiger partial charge in [-0.3, -0.25) is 4.79 Å². The fourth-order valence-electron chi connectivity index (χ4n) is 1.63. The average molecular weight is 262 g/mol. The molecular formula is C15H22N2O2. The van der Waals surface area contributed by atoms with Crippen LogP contribution >= 0.6 is 0 Å². The summed E-state index contributed by atoms with van der Waals surface area (Å²) in [5.74, 6) is 1.34. The van der Waals surface area contributed by atoms with Crippen LogP contribution in [0.3, 0.4) is 0 Å². The number of carbonyl (C=O) groups excluding carboxylic acids is 1. The predicted octanol–water partition coefficient (Wildman–Crippen LogP) is 2.40. The highest BCUT2D eigenvalue weighted by Crippen LogP contribution is 2.29. The van der Waals surface area contributed by atoms with Crippen LogP contribution in [-0.2, 0) is 4.79 Å². The van der Waals surface area contributed by atoms with E-state index in [1.807, 2.05) is 38.1 Å². The first-order valence-electron chi connectivity index (χ1n) is 6.85. The van der Waals surface area contributed by atoms with Crippen LogP contribution in [0.2, 0.25) is 0 Å². The van der Waals surface area contributed by atoms with Crippen molar-refractivity contribution in [2.24, 2.45) is 17.6 Å². The molecule has 19 heavy (non-hydrogen) atoms. The van der Waals surface area contributed by atoms with Crippen molar-refractivity contribution >= 4 is 11.6 Å². The van der Waals surface area contributed by atoms with Crippen LogP contribution in [-0.4, -0.2) is 18.6 Å². The van der Waals surface area contributed by atoms with E-state index in [9.17, 15) is 4.79 Å². The number of hydrogen-bond donors (Lipinski definition) is 2. The zero-order valence-electron chi connectivity index (χ0n) is 11.6. The minimum Gasteiger partial charge on any atom is -0.493 e. The third-order valence-corrected chi connectivity index (χ3v) is 3.51. The van der Waals surface area contributed by atoms with E-state index >= 15 is 0 Å². The van der Waals surface area contributed by atoms with E-state index in [4.69, 9.17) is 10.5 Å². The molecule has 1 fully saturated rings. The third kappa shape index (κ3) is 4.24. The molecule has 1 aromatic rings. The number of anilines is 1. The Morgan fingerprint density at radius 3 is 2.53 bits per heavy atom. The topological polar surface area (TPSA) is 64.4 Å². The van der Waals surface area contributed by atoms with Crippen LogP contribution < -0.4 is 15.8 Å². The molecule has 2 rings (SSSR count). The van der Waals surface area contributed by atoms with Gasteiger partial charge in [-0.2, -0.15) is 0 Å². The molecule has 1 amide bonds. The summed E-state index contributed by atoms with van der Waals surface area (Å²) in [6, 6.07) is 7.33. The van der Waals surface area contributed by atoms with Gasteiger partial charge in [0.1, 0.15) is 5.75 Å². The molecule has 0 aromatic heterocycles. The smallest absolute Gasteiger partial charge is 0.228 e. The number of benzene rings is 1. The lowest BCUT2D eigenvalue weighted by Gasteiger charge is -2.15. The first-order chi connectivity index (χ1) is 9.06. The zero-order valence-corrected chi connectivity index (χ0v) is 11.6. The Balaban J connectivity index is 1.85. The summed E-state index contributed by atoms with van der Waals surface area (Å²) in [7, 11) is 0. The van der Waals surface area contributed by atoms with Crippen molar-refractivity contribution in [1.82, 2.24) is 0 Å². The fraction of sp³-hybridized carbons (Fsp3) is 0.533. The number of rotatable bonds is 6. The van der Waals surface area contributed by atoms with Crippen LogP contribution in [0.15, 0.2) is 24.3 Å². The number of hydrogen-bond acceptors (Lipinski definition) is 3. The standard InChI is InChI=1S/C15H22N2O2/c1-10(11(2)16)15(18)17-13-5-7-14(8-6-13)19-9-12-3-4-12/h5-8,10-12H,3-4,9,16H2,1-2H3,(H,17,18). The second-order valence-corrected chi connectivity index (χ2v) is 5.42. The van der Waals surface area contributed by atoms with Gasteiger partial charge in [0.2, 0.25) is 5.91 Å². The maximum absolute atomic E-state index is 11.8. The summed E-state index contributed by atoms with van der Waals surface area (Å²) < 4.78 is 5.64.